The molecule has 0 unspecified atom stereocenters. The van der Waals surface area contributed by atoms with Crippen LogP contribution in [0.5, 0.6) is 0 Å². The zero-order chi connectivity index (χ0) is 14.5. The molecule has 5 heteroatoms. The van der Waals surface area contributed by atoms with Crippen molar-refractivity contribution in [3.8, 4) is 0 Å². The molecule has 0 saturated carbocycles. The first-order valence-electron chi connectivity index (χ1n) is 7.57. The minimum Gasteiger partial charge on any atom is -0.465 e. The second kappa shape index (κ2) is 6.72. The standard InChI is InChI=1S/C16H22N4O/c1-13-2-3-15(21-13)11-20-8-5-14(6-9-20)10-18-16-4-7-17-12-19-16/h2-4,7,12,14H,5-6,8-11H2,1H3,(H,17,18,19). The lowest BCUT2D eigenvalue weighted by atomic mass is 9.97. The maximum atomic E-state index is 5.65. The molecule has 3 heterocycles. The highest BCUT2D eigenvalue weighted by atomic mass is 16.3. The van der Waals surface area contributed by atoms with Gasteiger partial charge in [-0.3, -0.25) is 4.90 Å². The van der Waals surface area contributed by atoms with Crippen molar-refractivity contribution in [1.82, 2.24) is 14.9 Å². The van der Waals surface area contributed by atoms with Crippen LogP contribution >= 0.6 is 0 Å². The molecule has 1 aliphatic rings. The summed E-state index contributed by atoms with van der Waals surface area (Å²) >= 11 is 0. The minimum absolute atomic E-state index is 0.717. The van der Waals surface area contributed by atoms with Gasteiger partial charge in [0.15, 0.2) is 0 Å². The summed E-state index contributed by atoms with van der Waals surface area (Å²) in [6.45, 7) is 6.19. The van der Waals surface area contributed by atoms with Gasteiger partial charge >= 0.3 is 0 Å². The Morgan fingerprint density at radius 3 is 2.81 bits per heavy atom. The molecule has 1 fully saturated rings. The number of piperidine rings is 1. The summed E-state index contributed by atoms with van der Waals surface area (Å²) in [6, 6.07) is 6.03. The van der Waals surface area contributed by atoms with Crippen molar-refractivity contribution < 1.29 is 4.42 Å². The lowest BCUT2D eigenvalue weighted by Gasteiger charge is -2.31. The molecular weight excluding hydrogens is 264 g/mol. The molecule has 5 nitrogen and oxygen atoms in total. The fourth-order valence-electron chi connectivity index (χ4n) is 2.78. The van der Waals surface area contributed by atoms with Gasteiger partial charge in [0.05, 0.1) is 6.54 Å². The molecule has 0 amide bonds. The third-order valence-electron chi connectivity index (χ3n) is 4.04. The number of nitrogens with zero attached hydrogens (tertiary/aromatic N) is 3. The highest BCUT2D eigenvalue weighted by Crippen LogP contribution is 2.20. The Labute approximate surface area is 125 Å². The van der Waals surface area contributed by atoms with Crippen LogP contribution in [0.4, 0.5) is 5.82 Å². The second-order valence-corrected chi connectivity index (χ2v) is 5.71. The van der Waals surface area contributed by atoms with Crippen molar-refractivity contribution in [2.45, 2.75) is 26.3 Å². The molecule has 1 N–H and O–H groups in total. The number of hydrogen-bond donors (Lipinski definition) is 1. The van der Waals surface area contributed by atoms with Crippen molar-refractivity contribution in [3.63, 3.8) is 0 Å². The maximum absolute atomic E-state index is 5.65. The van der Waals surface area contributed by atoms with Gasteiger partial charge in [-0.25, -0.2) is 9.97 Å². The van der Waals surface area contributed by atoms with Crippen LogP contribution < -0.4 is 5.32 Å². The van der Waals surface area contributed by atoms with Gasteiger partial charge in [0.1, 0.15) is 23.7 Å². The lowest BCUT2D eigenvalue weighted by molar-refractivity contribution is 0.170. The van der Waals surface area contributed by atoms with Crippen molar-refractivity contribution >= 4 is 5.82 Å². The van der Waals surface area contributed by atoms with Crippen molar-refractivity contribution in [2.75, 3.05) is 25.0 Å². The molecule has 0 radical (unpaired) electrons. The molecule has 112 valence electrons. The van der Waals surface area contributed by atoms with Crippen molar-refractivity contribution in [1.29, 1.82) is 0 Å². The van der Waals surface area contributed by atoms with E-state index in [1.54, 1.807) is 12.5 Å². The van der Waals surface area contributed by atoms with Crippen LogP contribution in [0.25, 0.3) is 0 Å². The fourth-order valence-corrected chi connectivity index (χ4v) is 2.78. The zero-order valence-corrected chi connectivity index (χ0v) is 12.5. The van der Waals surface area contributed by atoms with E-state index in [4.69, 9.17) is 4.42 Å². The largest absolute Gasteiger partial charge is 0.465 e. The van der Waals surface area contributed by atoms with Gasteiger partial charge in [-0.2, -0.15) is 0 Å². The number of aromatic nitrogens is 2. The predicted molar refractivity (Wildman–Crippen MR) is 82.0 cm³/mol. The fraction of sp³-hybridized carbons (Fsp3) is 0.500. The van der Waals surface area contributed by atoms with Crippen molar-refractivity contribution in [2.24, 2.45) is 5.92 Å². The van der Waals surface area contributed by atoms with E-state index >= 15 is 0 Å². The van der Waals surface area contributed by atoms with E-state index in [1.165, 1.54) is 12.8 Å². The van der Waals surface area contributed by atoms with Crippen LogP contribution in [0.2, 0.25) is 0 Å². The Hall–Kier alpha value is -1.88. The number of nitrogens with one attached hydrogen (secondary N) is 1. The lowest BCUT2D eigenvalue weighted by Crippen LogP contribution is -2.35. The average Bonchev–Trinajstić information content (AvgIpc) is 2.93. The van der Waals surface area contributed by atoms with Gasteiger partial charge in [-0.05, 0) is 57.0 Å². The smallest absolute Gasteiger partial charge is 0.129 e. The summed E-state index contributed by atoms with van der Waals surface area (Å²) in [7, 11) is 0. The molecule has 0 aliphatic carbocycles. The van der Waals surface area contributed by atoms with Gasteiger partial charge in [0.25, 0.3) is 0 Å². The molecule has 3 rings (SSSR count). The predicted octanol–water partition coefficient (Wildman–Crippen LogP) is 2.70. The molecular formula is C16H22N4O. The Bertz CT molecular complexity index is 546. The van der Waals surface area contributed by atoms with Crippen LogP contribution in [0.3, 0.4) is 0 Å². The number of furan rings is 1. The number of aryl methyl sites for hydroxylation is 1. The normalized spacial score (nSPS) is 17.0. The Morgan fingerprint density at radius 1 is 1.29 bits per heavy atom. The quantitative estimate of drug-likeness (QED) is 0.916. The number of rotatable bonds is 5. The van der Waals surface area contributed by atoms with E-state index < -0.39 is 0 Å². The van der Waals surface area contributed by atoms with E-state index in [1.807, 2.05) is 19.1 Å². The van der Waals surface area contributed by atoms with Crippen molar-refractivity contribution in [3.05, 3.63) is 42.2 Å². The van der Waals surface area contributed by atoms with E-state index in [2.05, 4.69) is 26.3 Å². The molecule has 0 spiro atoms. The maximum Gasteiger partial charge on any atom is 0.129 e. The SMILES string of the molecule is Cc1ccc(CN2CCC(CNc3ccncn3)CC2)o1. The molecule has 0 atom stereocenters. The molecule has 2 aromatic heterocycles. The van der Waals surface area contributed by atoms with Gasteiger partial charge < -0.3 is 9.73 Å². The first kappa shape index (κ1) is 14.1. The Morgan fingerprint density at radius 2 is 2.14 bits per heavy atom. The number of anilines is 1. The molecule has 1 aliphatic heterocycles. The van der Waals surface area contributed by atoms with Gasteiger partial charge in [-0.15, -0.1) is 0 Å². The van der Waals surface area contributed by atoms with E-state index in [-0.39, 0.29) is 0 Å². The summed E-state index contributed by atoms with van der Waals surface area (Å²) < 4.78 is 5.65. The van der Waals surface area contributed by atoms with Gasteiger partial charge in [-0.1, -0.05) is 0 Å². The molecule has 0 bridgehead atoms. The minimum atomic E-state index is 0.717. The zero-order valence-electron chi connectivity index (χ0n) is 12.5. The summed E-state index contributed by atoms with van der Waals surface area (Å²) in [4.78, 5) is 10.6. The van der Waals surface area contributed by atoms with Crippen LogP contribution in [-0.4, -0.2) is 34.5 Å². The molecule has 21 heavy (non-hydrogen) atoms. The third-order valence-corrected chi connectivity index (χ3v) is 4.04. The summed E-state index contributed by atoms with van der Waals surface area (Å²) in [6.07, 6.45) is 5.79. The van der Waals surface area contributed by atoms with E-state index in [0.29, 0.717) is 0 Å². The first-order chi connectivity index (χ1) is 10.3. The van der Waals surface area contributed by atoms with E-state index in [9.17, 15) is 0 Å². The first-order valence-corrected chi connectivity index (χ1v) is 7.57. The molecule has 1 saturated heterocycles. The molecule has 0 aromatic carbocycles. The Kier molecular flexibility index (Phi) is 4.50. The summed E-state index contributed by atoms with van der Waals surface area (Å²) in [5.41, 5.74) is 0. The second-order valence-electron chi connectivity index (χ2n) is 5.71. The Balaban J connectivity index is 1.40. The summed E-state index contributed by atoms with van der Waals surface area (Å²) in [5.74, 6) is 3.70. The average molecular weight is 286 g/mol. The van der Waals surface area contributed by atoms with Crippen LogP contribution in [0.1, 0.15) is 24.4 Å². The molecule has 2 aromatic rings. The number of likely N-dealkylation sites (tertiary alicyclic amines) is 1. The van der Waals surface area contributed by atoms with Crippen LogP contribution in [0.15, 0.2) is 35.1 Å². The highest BCUT2D eigenvalue weighted by Gasteiger charge is 2.19. The highest BCUT2D eigenvalue weighted by molar-refractivity contribution is 5.31. The van der Waals surface area contributed by atoms with Crippen LogP contribution in [-0.2, 0) is 6.54 Å². The topological polar surface area (TPSA) is 54.2 Å². The van der Waals surface area contributed by atoms with Crippen LogP contribution in [0, 0.1) is 12.8 Å². The number of hydrogen-bond acceptors (Lipinski definition) is 5. The van der Waals surface area contributed by atoms with E-state index in [0.717, 1.165) is 49.4 Å². The summed E-state index contributed by atoms with van der Waals surface area (Å²) in [5, 5.41) is 3.39. The van der Waals surface area contributed by atoms with Gasteiger partial charge in [0.2, 0.25) is 0 Å². The monoisotopic (exact) mass is 286 g/mol. The third kappa shape index (κ3) is 4.04. The van der Waals surface area contributed by atoms with Gasteiger partial charge in [0, 0.05) is 12.7 Å².